The van der Waals surface area contributed by atoms with Crippen LogP contribution >= 0.6 is 0 Å². The smallest absolute Gasteiger partial charge is 0.236 e. The molecule has 178 valence electrons. The van der Waals surface area contributed by atoms with E-state index in [4.69, 9.17) is 4.74 Å². The second kappa shape index (κ2) is 10.2. The Bertz CT molecular complexity index is 1250. The fraction of sp³-hybridized carbons (Fsp3) is 0.280. The highest BCUT2D eigenvalue weighted by Gasteiger charge is 2.26. The van der Waals surface area contributed by atoms with Crippen LogP contribution in [0, 0.1) is 13.8 Å². The first-order chi connectivity index (χ1) is 16.3. The van der Waals surface area contributed by atoms with Crippen LogP contribution in [0.25, 0.3) is 6.08 Å². The summed E-state index contributed by atoms with van der Waals surface area (Å²) >= 11 is 0. The predicted octanol–water partition coefficient (Wildman–Crippen LogP) is 3.97. The summed E-state index contributed by atoms with van der Waals surface area (Å²) in [6, 6.07) is 17.2. The maximum absolute atomic E-state index is 12.8. The van der Waals surface area contributed by atoms with Crippen molar-refractivity contribution in [1.29, 1.82) is 0 Å². The van der Waals surface area contributed by atoms with Gasteiger partial charge in [-0.2, -0.15) is 9.29 Å². The third-order valence-corrected chi connectivity index (χ3v) is 7.16. The normalized spacial score (nSPS) is 15.0. The number of sulfonamides is 1. The topological polar surface area (TPSA) is 87.7 Å². The predicted molar refractivity (Wildman–Crippen MR) is 136 cm³/mol. The SMILES string of the molecule is COc1ccc(Nc2cc(C)nc(N3CCN(S(=O)(=O)/C=C/c4ccc(C)cc4)CC3)n2)cc1. The van der Waals surface area contributed by atoms with E-state index >= 15 is 0 Å². The minimum absolute atomic E-state index is 0.374. The Kier molecular flexibility index (Phi) is 7.14. The standard InChI is InChI=1S/C25H29N5O3S/c1-19-4-6-21(7-5-19)12-17-34(31,32)30-15-13-29(14-16-30)25-26-20(2)18-24(28-25)27-22-8-10-23(33-3)11-9-22/h4-12,17-18H,13-16H2,1-3H3,(H,26,27,28)/b17-12+. The molecule has 9 heteroatoms. The number of hydrogen-bond acceptors (Lipinski definition) is 7. The summed E-state index contributed by atoms with van der Waals surface area (Å²) in [6.07, 6.45) is 1.64. The molecule has 1 N–H and O–H groups in total. The van der Waals surface area contributed by atoms with E-state index < -0.39 is 10.0 Å². The van der Waals surface area contributed by atoms with Gasteiger partial charge in [-0.05, 0) is 49.8 Å². The van der Waals surface area contributed by atoms with Gasteiger partial charge >= 0.3 is 0 Å². The first kappa shape index (κ1) is 23.7. The molecule has 0 atom stereocenters. The molecule has 1 aliphatic heterocycles. The molecule has 0 aliphatic carbocycles. The summed E-state index contributed by atoms with van der Waals surface area (Å²) in [5, 5.41) is 4.58. The molecule has 34 heavy (non-hydrogen) atoms. The summed E-state index contributed by atoms with van der Waals surface area (Å²) in [5.41, 5.74) is 3.72. The van der Waals surface area contributed by atoms with Crippen LogP contribution in [-0.4, -0.2) is 56.0 Å². The molecule has 4 rings (SSSR count). The second-order valence-corrected chi connectivity index (χ2v) is 10.0. The summed E-state index contributed by atoms with van der Waals surface area (Å²) in [5.74, 6) is 2.05. The molecular formula is C25H29N5O3S. The molecule has 2 heterocycles. The van der Waals surface area contributed by atoms with Gasteiger partial charge in [-0.25, -0.2) is 13.4 Å². The first-order valence-corrected chi connectivity index (χ1v) is 12.6. The molecule has 1 fully saturated rings. The Hall–Kier alpha value is -3.43. The van der Waals surface area contributed by atoms with Crippen molar-refractivity contribution in [2.24, 2.45) is 0 Å². The number of nitrogens with one attached hydrogen (secondary N) is 1. The van der Waals surface area contributed by atoms with Gasteiger partial charge in [0.2, 0.25) is 16.0 Å². The van der Waals surface area contributed by atoms with Gasteiger partial charge in [0.15, 0.2) is 0 Å². The van der Waals surface area contributed by atoms with Crippen molar-refractivity contribution in [3.8, 4) is 5.75 Å². The summed E-state index contributed by atoms with van der Waals surface area (Å²) in [6.45, 7) is 5.70. The van der Waals surface area contributed by atoms with Gasteiger partial charge in [0.1, 0.15) is 11.6 Å². The number of methoxy groups -OCH3 is 1. The van der Waals surface area contributed by atoms with E-state index in [2.05, 4.69) is 15.3 Å². The number of piperazine rings is 1. The van der Waals surface area contributed by atoms with Crippen LogP contribution in [0.15, 0.2) is 60.0 Å². The van der Waals surface area contributed by atoms with Crippen LogP contribution in [0.4, 0.5) is 17.5 Å². The van der Waals surface area contributed by atoms with Gasteiger partial charge in [0, 0.05) is 49.0 Å². The minimum atomic E-state index is -3.50. The number of nitrogens with zero attached hydrogens (tertiary/aromatic N) is 4. The number of aryl methyl sites for hydroxylation is 2. The monoisotopic (exact) mass is 479 g/mol. The van der Waals surface area contributed by atoms with Gasteiger partial charge in [-0.1, -0.05) is 29.8 Å². The van der Waals surface area contributed by atoms with E-state index in [0.29, 0.717) is 37.9 Å². The number of rotatable bonds is 7. The molecule has 2 aromatic carbocycles. The molecule has 8 nitrogen and oxygen atoms in total. The first-order valence-electron chi connectivity index (χ1n) is 11.1. The quantitative estimate of drug-likeness (QED) is 0.549. The van der Waals surface area contributed by atoms with Crippen molar-refractivity contribution in [1.82, 2.24) is 14.3 Å². The maximum atomic E-state index is 12.8. The zero-order chi connectivity index (χ0) is 24.1. The van der Waals surface area contributed by atoms with E-state index in [1.54, 1.807) is 13.2 Å². The zero-order valence-electron chi connectivity index (χ0n) is 19.6. The fourth-order valence-corrected chi connectivity index (χ4v) is 4.82. The van der Waals surface area contributed by atoms with Crippen molar-refractivity contribution in [3.05, 3.63) is 76.8 Å². The van der Waals surface area contributed by atoms with Crippen LogP contribution in [0.2, 0.25) is 0 Å². The van der Waals surface area contributed by atoms with Crippen LogP contribution in [0.5, 0.6) is 5.75 Å². The third-order valence-electron chi connectivity index (χ3n) is 5.60. The molecule has 0 unspecified atom stereocenters. The Labute approximate surface area is 201 Å². The number of ether oxygens (including phenoxy) is 1. The average molecular weight is 480 g/mol. The highest BCUT2D eigenvalue weighted by molar-refractivity contribution is 7.92. The highest BCUT2D eigenvalue weighted by Crippen LogP contribution is 2.22. The molecule has 1 aromatic heterocycles. The van der Waals surface area contributed by atoms with Gasteiger partial charge in [0.05, 0.1) is 7.11 Å². The van der Waals surface area contributed by atoms with Crippen LogP contribution in [0.1, 0.15) is 16.8 Å². The molecule has 3 aromatic rings. The maximum Gasteiger partial charge on any atom is 0.236 e. The number of benzene rings is 2. The Morgan fingerprint density at radius 2 is 1.62 bits per heavy atom. The largest absolute Gasteiger partial charge is 0.497 e. The van der Waals surface area contributed by atoms with Crippen LogP contribution in [-0.2, 0) is 10.0 Å². The lowest BCUT2D eigenvalue weighted by atomic mass is 10.2. The van der Waals surface area contributed by atoms with E-state index in [9.17, 15) is 8.42 Å². The van der Waals surface area contributed by atoms with Crippen LogP contribution < -0.4 is 15.0 Å². The van der Waals surface area contributed by atoms with Crippen LogP contribution in [0.3, 0.4) is 0 Å². The van der Waals surface area contributed by atoms with Gasteiger partial charge in [0.25, 0.3) is 0 Å². The van der Waals surface area contributed by atoms with Gasteiger partial charge in [-0.3, -0.25) is 0 Å². The van der Waals surface area contributed by atoms with Crippen molar-refractivity contribution >= 4 is 33.6 Å². The molecular weight excluding hydrogens is 450 g/mol. The lowest BCUT2D eigenvalue weighted by Crippen LogP contribution is -2.48. The van der Waals surface area contributed by atoms with Crippen molar-refractivity contribution in [2.45, 2.75) is 13.8 Å². The lowest BCUT2D eigenvalue weighted by Gasteiger charge is -2.33. The van der Waals surface area contributed by atoms with Gasteiger partial charge < -0.3 is 15.0 Å². The molecule has 0 radical (unpaired) electrons. The van der Waals surface area contributed by atoms with Crippen molar-refractivity contribution in [3.63, 3.8) is 0 Å². The Morgan fingerprint density at radius 3 is 2.26 bits per heavy atom. The molecule has 0 saturated carbocycles. The molecule has 0 spiro atoms. The van der Waals surface area contributed by atoms with E-state index in [0.717, 1.165) is 28.3 Å². The Morgan fingerprint density at radius 1 is 0.941 bits per heavy atom. The minimum Gasteiger partial charge on any atom is -0.497 e. The summed E-state index contributed by atoms with van der Waals surface area (Å²) in [4.78, 5) is 11.2. The van der Waals surface area contributed by atoms with E-state index in [-0.39, 0.29) is 0 Å². The summed E-state index contributed by atoms with van der Waals surface area (Å²) < 4.78 is 32.3. The molecule has 1 saturated heterocycles. The third kappa shape index (κ3) is 5.92. The number of hydrogen-bond donors (Lipinski definition) is 1. The van der Waals surface area contributed by atoms with Crippen molar-refractivity contribution in [2.75, 3.05) is 43.5 Å². The van der Waals surface area contributed by atoms with Gasteiger partial charge in [-0.15, -0.1) is 0 Å². The molecule has 1 aliphatic rings. The van der Waals surface area contributed by atoms with E-state index in [1.807, 2.05) is 73.3 Å². The fourth-order valence-electron chi connectivity index (χ4n) is 3.65. The summed E-state index contributed by atoms with van der Waals surface area (Å²) in [7, 11) is -1.86. The number of anilines is 3. The second-order valence-electron chi connectivity index (χ2n) is 8.19. The van der Waals surface area contributed by atoms with E-state index in [1.165, 1.54) is 9.71 Å². The zero-order valence-corrected chi connectivity index (χ0v) is 20.4. The number of aromatic nitrogens is 2. The molecule has 0 bridgehead atoms. The lowest BCUT2D eigenvalue weighted by molar-refractivity contribution is 0.387. The van der Waals surface area contributed by atoms with Crippen molar-refractivity contribution < 1.29 is 13.2 Å². The highest BCUT2D eigenvalue weighted by atomic mass is 32.2. The molecule has 0 amide bonds. The Balaban J connectivity index is 1.40. The average Bonchev–Trinajstić information content (AvgIpc) is 2.84.